The molecule has 23 heavy (non-hydrogen) atoms. The van der Waals surface area contributed by atoms with E-state index in [9.17, 15) is 4.79 Å². The molecular formula is C17H22N2O3S. The van der Waals surface area contributed by atoms with Crippen LogP contribution in [0, 0.1) is 5.92 Å². The van der Waals surface area contributed by atoms with Crippen LogP contribution in [0.2, 0.25) is 0 Å². The van der Waals surface area contributed by atoms with Crippen molar-refractivity contribution < 1.29 is 14.3 Å². The number of thioether (sulfide) groups is 1. The van der Waals surface area contributed by atoms with Gasteiger partial charge < -0.3 is 9.47 Å². The number of methoxy groups -OCH3 is 2. The lowest BCUT2D eigenvalue weighted by molar-refractivity contribution is -0.121. The van der Waals surface area contributed by atoms with Crippen LogP contribution in [-0.4, -0.2) is 32.1 Å². The predicted molar refractivity (Wildman–Crippen MR) is 94.3 cm³/mol. The summed E-state index contributed by atoms with van der Waals surface area (Å²) in [5, 5.41) is 4.19. The Kier molecular flexibility index (Phi) is 5.71. The van der Waals surface area contributed by atoms with Crippen molar-refractivity contribution in [3.8, 4) is 11.5 Å². The van der Waals surface area contributed by atoms with Crippen molar-refractivity contribution in [3.05, 3.63) is 23.3 Å². The van der Waals surface area contributed by atoms with Crippen LogP contribution >= 0.6 is 11.8 Å². The van der Waals surface area contributed by atoms with Gasteiger partial charge in [0.25, 0.3) is 0 Å². The Bertz CT molecular complexity index is 668. The molecule has 1 aromatic carbocycles. The molecule has 0 bridgehead atoms. The zero-order chi connectivity index (χ0) is 17.0. The lowest BCUT2D eigenvalue weighted by Gasteiger charge is -2.20. The van der Waals surface area contributed by atoms with Crippen LogP contribution in [0.4, 0.5) is 0 Å². The first-order chi connectivity index (χ1) is 11.0. The summed E-state index contributed by atoms with van der Waals surface area (Å²) >= 11 is 1.61. The van der Waals surface area contributed by atoms with Gasteiger partial charge in [0.2, 0.25) is 5.91 Å². The number of nitrogens with zero attached hydrogens (tertiary/aromatic N) is 1. The average Bonchev–Trinajstić information content (AvgIpc) is 2.54. The largest absolute Gasteiger partial charge is 0.496 e. The van der Waals surface area contributed by atoms with Crippen molar-refractivity contribution in [1.82, 2.24) is 5.43 Å². The van der Waals surface area contributed by atoms with Crippen LogP contribution in [0.5, 0.6) is 11.5 Å². The molecule has 1 aromatic rings. The molecule has 1 N–H and O–H groups in total. The Labute approximate surface area is 141 Å². The van der Waals surface area contributed by atoms with Crippen molar-refractivity contribution in [1.29, 1.82) is 0 Å². The number of carbonyl (C=O) groups excluding carboxylic acids is 1. The third kappa shape index (κ3) is 3.88. The Hall–Kier alpha value is -1.95. The minimum absolute atomic E-state index is 0.0439. The molecule has 0 aromatic heterocycles. The maximum atomic E-state index is 11.4. The van der Waals surface area contributed by atoms with E-state index in [0.717, 1.165) is 33.2 Å². The van der Waals surface area contributed by atoms with E-state index in [1.165, 1.54) is 0 Å². The van der Waals surface area contributed by atoms with E-state index in [0.29, 0.717) is 6.42 Å². The molecule has 5 nitrogen and oxygen atoms in total. The second-order valence-electron chi connectivity index (χ2n) is 5.41. The van der Waals surface area contributed by atoms with Gasteiger partial charge >= 0.3 is 0 Å². The third-order valence-electron chi connectivity index (χ3n) is 3.77. The number of carbonyl (C=O) groups is 1. The summed E-state index contributed by atoms with van der Waals surface area (Å²) < 4.78 is 10.9. The highest BCUT2D eigenvalue weighted by atomic mass is 32.2. The van der Waals surface area contributed by atoms with Crippen molar-refractivity contribution in [2.75, 3.05) is 20.5 Å². The Morgan fingerprint density at radius 2 is 2.04 bits per heavy atom. The van der Waals surface area contributed by atoms with Gasteiger partial charge in [0, 0.05) is 17.9 Å². The fourth-order valence-electron chi connectivity index (χ4n) is 2.60. The third-order valence-corrected chi connectivity index (χ3v) is 4.53. The fraction of sp³-hybridized carbons (Fsp3) is 0.412. The molecule has 1 unspecified atom stereocenters. The van der Waals surface area contributed by atoms with E-state index in [1.54, 1.807) is 26.0 Å². The standard InChI is InChI=1S/C17H22N2O3S/c1-10(17-11(2)7-16(20)18-19-17)6-12-8-14(22-4)15(23-5)9-13(12)21-3/h6,8-9,11H,7H2,1-5H3,(H,18,20). The molecule has 124 valence electrons. The zero-order valence-electron chi connectivity index (χ0n) is 14.1. The summed E-state index contributed by atoms with van der Waals surface area (Å²) in [5.74, 6) is 1.64. The summed E-state index contributed by atoms with van der Waals surface area (Å²) in [7, 11) is 3.31. The van der Waals surface area contributed by atoms with Gasteiger partial charge in [-0.25, -0.2) is 5.43 Å². The Balaban J connectivity index is 2.43. The normalized spacial score (nSPS) is 18.3. The van der Waals surface area contributed by atoms with Crippen LogP contribution in [0.15, 0.2) is 27.7 Å². The summed E-state index contributed by atoms with van der Waals surface area (Å²) in [6.07, 6.45) is 4.47. The van der Waals surface area contributed by atoms with Crippen LogP contribution in [0.3, 0.4) is 0 Å². The van der Waals surface area contributed by atoms with Gasteiger partial charge in [-0.15, -0.1) is 11.8 Å². The number of rotatable bonds is 5. The molecule has 1 aliphatic heterocycles. The maximum absolute atomic E-state index is 11.4. The minimum Gasteiger partial charge on any atom is -0.496 e. The molecule has 0 spiro atoms. The predicted octanol–water partition coefficient (Wildman–Crippen LogP) is 3.34. The van der Waals surface area contributed by atoms with Gasteiger partial charge in [-0.05, 0) is 37.0 Å². The van der Waals surface area contributed by atoms with E-state index < -0.39 is 0 Å². The number of benzene rings is 1. The Morgan fingerprint density at radius 3 is 2.61 bits per heavy atom. The lowest BCUT2D eigenvalue weighted by Crippen LogP contribution is -2.31. The van der Waals surface area contributed by atoms with E-state index in [1.807, 2.05) is 38.3 Å². The molecule has 0 saturated carbocycles. The van der Waals surface area contributed by atoms with Crippen molar-refractivity contribution >= 4 is 29.5 Å². The summed E-state index contributed by atoms with van der Waals surface area (Å²) in [6, 6.07) is 3.93. The molecule has 0 radical (unpaired) electrons. The smallest absolute Gasteiger partial charge is 0.240 e. The van der Waals surface area contributed by atoms with Crippen LogP contribution in [-0.2, 0) is 4.79 Å². The first-order valence-electron chi connectivity index (χ1n) is 7.35. The number of hydrogen-bond donors (Lipinski definition) is 1. The SMILES string of the molecule is COc1cc(SC)c(OC)cc1C=C(C)C1=NNC(=O)CC1C. The fourth-order valence-corrected chi connectivity index (χ4v) is 3.17. The topological polar surface area (TPSA) is 59.9 Å². The monoisotopic (exact) mass is 334 g/mol. The number of nitrogens with one attached hydrogen (secondary N) is 1. The molecule has 0 saturated heterocycles. The number of ether oxygens (including phenoxy) is 2. The van der Waals surface area contributed by atoms with Crippen molar-refractivity contribution in [2.45, 2.75) is 25.2 Å². The molecule has 1 heterocycles. The van der Waals surface area contributed by atoms with Crippen LogP contribution in [0.1, 0.15) is 25.8 Å². The molecule has 1 atom stereocenters. The molecular weight excluding hydrogens is 312 g/mol. The first-order valence-corrected chi connectivity index (χ1v) is 8.57. The van der Waals surface area contributed by atoms with E-state index in [4.69, 9.17) is 9.47 Å². The van der Waals surface area contributed by atoms with Gasteiger partial charge in [-0.2, -0.15) is 5.10 Å². The second-order valence-corrected chi connectivity index (χ2v) is 6.26. The minimum atomic E-state index is -0.0439. The highest BCUT2D eigenvalue weighted by Crippen LogP contribution is 2.35. The van der Waals surface area contributed by atoms with Crippen LogP contribution < -0.4 is 14.9 Å². The first kappa shape index (κ1) is 17.4. The molecule has 0 fully saturated rings. The Morgan fingerprint density at radius 1 is 1.35 bits per heavy atom. The number of amides is 1. The highest BCUT2D eigenvalue weighted by Gasteiger charge is 2.21. The quantitative estimate of drug-likeness (QED) is 0.839. The van der Waals surface area contributed by atoms with Crippen molar-refractivity contribution in [2.24, 2.45) is 11.0 Å². The zero-order valence-corrected chi connectivity index (χ0v) is 14.9. The van der Waals surface area contributed by atoms with Gasteiger partial charge in [-0.3, -0.25) is 4.79 Å². The van der Waals surface area contributed by atoms with Gasteiger partial charge in [0.05, 0.1) is 24.8 Å². The molecule has 0 aliphatic carbocycles. The molecule has 1 aliphatic rings. The number of allylic oxidation sites excluding steroid dienone is 1. The second kappa shape index (κ2) is 7.55. The summed E-state index contributed by atoms with van der Waals surface area (Å²) in [5.41, 5.74) is 5.35. The highest BCUT2D eigenvalue weighted by molar-refractivity contribution is 7.98. The molecule has 1 amide bonds. The van der Waals surface area contributed by atoms with E-state index >= 15 is 0 Å². The van der Waals surface area contributed by atoms with Gasteiger partial charge in [0.1, 0.15) is 11.5 Å². The maximum Gasteiger partial charge on any atom is 0.240 e. The number of hydrazone groups is 1. The summed E-state index contributed by atoms with van der Waals surface area (Å²) in [6.45, 7) is 3.99. The van der Waals surface area contributed by atoms with E-state index in [-0.39, 0.29) is 11.8 Å². The molecule has 6 heteroatoms. The summed E-state index contributed by atoms with van der Waals surface area (Å²) in [4.78, 5) is 12.4. The average molecular weight is 334 g/mol. The van der Waals surface area contributed by atoms with E-state index in [2.05, 4.69) is 10.5 Å². The van der Waals surface area contributed by atoms with Crippen molar-refractivity contribution in [3.63, 3.8) is 0 Å². The van der Waals surface area contributed by atoms with Crippen LogP contribution in [0.25, 0.3) is 6.08 Å². The number of hydrogen-bond acceptors (Lipinski definition) is 5. The molecule has 2 rings (SSSR count). The van der Waals surface area contributed by atoms with Gasteiger partial charge in [0.15, 0.2) is 0 Å². The van der Waals surface area contributed by atoms with Gasteiger partial charge in [-0.1, -0.05) is 6.92 Å². The lowest BCUT2D eigenvalue weighted by atomic mass is 9.93.